The van der Waals surface area contributed by atoms with Crippen LogP contribution in [0.3, 0.4) is 0 Å². The second-order valence-corrected chi connectivity index (χ2v) is 4.13. The summed E-state index contributed by atoms with van der Waals surface area (Å²) in [7, 11) is 1.33. The summed E-state index contributed by atoms with van der Waals surface area (Å²) < 4.78 is 4.66. The normalized spacial score (nSPS) is 24.6. The molecule has 1 spiro atoms. The molecule has 0 bridgehead atoms. The molecule has 0 radical (unpaired) electrons. The van der Waals surface area contributed by atoms with Crippen LogP contribution in [0, 0.1) is 0 Å². The lowest BCUT2D eigenvalue weighted by molar-refractivity contribution is -0.128. The molecular weight excluding hydrogens is 182 g/mol. The molecule has 0 aromatic carbocycles. The van der Waals surface area contributed by atoms with Crippen LogP contribution < -0.4 is 0 Å². The quantitative estimate of drug-likeness (QED) is 0.593. The van der Waals surface area contributed by atoms with E-state index < -0.39 is 6.09 Å². The summed E-state index contributed by atoms with van der Waals surface area (Å²) in [5, 5.41) is 0. The van der Waals surface area contributed by atoms with Gasteiger partial charge in [-0.3, -0.25) is 4.79 Å². The lowest BCUT2D eigenvalue weighted by Gasteiger charge is -2.31. The smallest absolute Gasteiger partial charge is 0.416 e. The summed E-state index contributed by atoms with van der Waals surface area (Å²) in [6, 6.07) is 0. The Hall–Kier alpha value is -1.06. The molecule has 2 amide bonds. The van der Waals surface area contributed by atoms with Crippen LogP contribution in [0.25, 0.3) is 0 Å². The third-order valence-corrected chi connectivity index (χ3v) is 3.42. The number of hydrogen-bond donors (Lipinski definition) is 0. The Kier molecular flexibility index (Phi) is 2.21. The number of carbonyl (C=O) groups excluding carboxylic acids is 2. The Labute approximate surface area is 83.2 Å². The number of ether oxygens (including phenoxy) is 1. The van der Waals surface area contributed by atoms with Gasteiger partial charge in [0.1, 0.15) is 0 Å². The molecule has 0 aromatic heterocycles. The second-order valence-electron chi connectivity index (χ2n) is 4.13. The fourth-order valence-electron chi connectivity index (χ4n) is 2.72. The topological polar surface area (TPSA) is 46.6 Å². The lowest BCUT2D eigenvalue weighted by Crippen LogP contribution is -2.47. The molecular formula is C10H15NO3. The molecule has 1 aliphatic heterocycles. The van der Waals surface area contributed by atoms with Crippen LogP contribution in [0.5, 0.6) is 0 Å². The van der Waals surface area contributed by atoms with Crippen molar-refractivity contribution in [3.8, 4) is 0 Å². The summed E-state index contributed by atoms with van der Waals surface area (Å²) in [4.78, 5) is 24.4. The average Bonchev–Trinajstić information content (AvgIpc) is 2.76. The summed E-state index contributed by atoms with van der Waals surface area (Å²) in [6.45, 7) is 0. The number of nitrogens with zero attached hydrogens (tertiary/aromatic N) is 1. The Bertz CT molecular complexity index is 269. The first-order valence-corrected chi connectivity index (χ1v) is 5.11. The highest BCUT2D eigenvalue weighted by Gasteiger charge is 2.50. The van der Waals surface area contributed by atoms with Gasteiger partial charge in [0.2, 0.25) is 5.91 Å². The van der Waals surface area contributed by atoms with E-state index in [9.17, 15) is 9.59 Å². The van der Waals surface area contributed by atoms with Crippen LogP contribution in [0.2, 0.25) is 0 Å². The van der Waals surface area contributed by atoms with Gasteiger partial charge in [0.15, 0.2) is 0 Å². The average molecular weight is 197 g/mol. The van der Waals surface area contributed by atoms with Crippen molar-refractivity contribution < 1.29 is 14.3 Å². The second kappa shape index (κ2) is 3.26. The molecule has 4 heteroatoms. The molecule has 4 nitrogen and oxygen atoms in total. The molecule has 1 aliphatic carbocycles. The Morgan fingerprint density at radius 3 is 2.57 bits per heavy atom. The number of amides is 2. The number of likely N-dealkylation sites (tertiary alicyclic amines) is 1. The van der Waals surface area contributed by atoms with Crippen LogP contribution in [-0.4, -0.2) is 29.5 Å². The maximum atomic E-state index is 11.6. The largest absolute Gasteiger partial charge is 0.452 e. The molecule has 2 fully saturated rings. The zero-order valence-corrected chi connectivity index (χ0v) is 8.41. The van der Waals surface area contributed by atoms with Gasteiger partial charge in [0, 0.05) is 6.42 Å². The molecule has 0 aromatic rings. The predicted molar refractivity (Wildman–Crippen MR) is 49.7 cm³/mol. The third-order valence-electron chi connectivity index (χ3n) is 3.42. The number of imide groups is 1. The predicted octanol–water partition coefficient (Wildman–Crippen LogP) is 1.69. The first kappa shape index (κ1) is 9.49. The van der Waals surface area contributed by atoms with Crippen LogP contribution in [-0.2, 0) is 9.53 Å². The van der Waals surface area contributed by atoms with Crippen molar-refractivity contribution in [3.63, 3.8) is 0 Å². The van der Waals surface area contributed by atoms with Gasteiger partial charge in [-0.05, 0) is 19.3 Å². The van der Waals surface area contributed by atoms with Gasteiger partial charge in [-0.15, -0.1) is 0 Å². The van der Waals surface area contributed by atoms with Crippen LogP contribution in [0.1, 0.15) is 38.5 Å². The van der Waals surface area contributed by atoms with Gasteiger partial charge in [-0.2, -0.15) is 0 Å². The van der Waals surface area contributed by atoms with E-state index in [1.807, 2.05) is 0 Å². The molecule has 1 saturated carbocycles. The highest BCUT2D eigenvalue weighted by molar-refractivity contribution is 5.95. The van der Waals surface area contributed by atoms with Crippen LogP contribution in [0.4, 0.5) is 4.79 Å². The number of carbonyl (C=O) groups is 2. The van der Waals surface area contributed by atoms with Crippen molar-refractivity contribution in [2.45, 2.75) is 44.1 Å². The van der Waals surface area contributed by atoms with Gasteiger partial charge in [0.25, 0.3) is 0 Å². The zero-order chi connectivity index (χ0) is 10.2. The first-order valence-electron chi connectivity index (χ1n) is 5.11. The molecule has 0 atom stereocenters. The fraction of sp³-hybridized carbons (Fsp3) is 0.800. The van der Waals surface area contributed by atoms with E-state index in [2.05, 4.69) is 4.74 Å². The maximum Gasteiger partial charge on any atom is 0.416 e. The summed E-state index contributed by atoms with van der Waals surface area (Å²) >= 11 is 0. The minimum Gasteiger partial charge on any atom is -0.452 e. The first-order chi connectivity index (χ1) is 6.69. The number of methoxy groups -OCH3 is 1. The van der Waals surface area contributed by atoms with E-state index in [1.54, 1.807) is 0 Å². The molecule has 2 rings (SSSR count). The minimum atomic E-state index is -0.477. The number of hydrogen-bond acceptors (Lipinski definition) is 3. The van der Waals surface area contributed by atoms with Crippen molar-refractivity contribution in [2.24, 2.45) is 0 Å². The molecule has 0 unspecified atom stereocenters. The van der Waals surface area contributed by atoms with E-state index >= 15 is 0 Å². The lowest BCUT2D eigenvalue weighted by atomic mass is 9.95. The number of rotatable bonds is 0. The van der Waals surface area contributed by atoms with E-state index in [1.165, 1.54) is 12.0 Å². The van der Waals surface area contributed by atoms with Gasteiger partial charge in [-0.25, -0.2) is 9.69 Å². The maximum absolute atomic E-state index is 11.6. The third kappa shape index (κ3) is 1.21. The van der Waals surface area contributed by atoms with E-state index in [0.29, 0.717) is 6.42 Å². The van der Waals surface area contributed by atoms with Crippen LogP contribution in [0.15, 0.2) is 0 Å². The molecule has 2 aliphatic rings. The van der Waals surface area contributed by atoms with Gasteiger partial charge in [-0.1, -0.05) is 12.8 Å². The summed E-state index contributed by atoms with van der Waals surface area (Å²) in [5.74, 6) is -0.0706. The standard InChI is InChI=1S/C10H15NO3/c1-14-9(13)11-8(12)4-7-10(11)5-2-3-6-10/h2-7H2,1H3. The summed E-state index contributed by atoms with van der Waals surface area (Å²) in [5.41, 5.74) is -0.190. The van der Waals surface area contributed by atoms with E-state index in [0.717, 1.165) is 32.1 Å². The van der Waals surface area contributed by atoms with E-state index in [4.69, 9.17) is 0 Å². The monoisotopic (exact) mass is 197 g/mol. The van der Waals surface area contributed by atoms with Crippen molar-refractivity contribution >= 4 is 12.0 Å². The van der Waals surface area contributed by atoms with Gasteiger partial charge in [0.05, 0.1) is 12.6 Å². The van der Waals surface area contributed by atoms with Crippen molar-refractivity contribution in [3.05, 3.63) is 0 Å². The van der Waals surface area contributed by atoms with Crippen molar-refractivity contribution in [2.75, 3.05) is 7.11 Å². The molecule has 1 saturated heterocycles. The zero-order valence-electron chi connectivity index (χ0n) is 8.41. The molecule has 1 heterocycles. The Morgan fingerprint density at radius 2 is 2.00 bits per heavy atom. The van der Waals surface area contributed by atoms with Gasteiger partial charge >= 0.3 is 6.09 Å². The van der Waals surface area contributed by atoms with E-state index in [-0.39, 0.29) is 11.4 Å². The highest BCUT2D eigenvalue weighted by atomic mass is 16.5. The van der Waals surface area contributed by atoms with Crippen molar-refractivity contribution in [1.29, 1.82) is 0 Å². The SMILES string of the molecule is COC(=O)N1C(=O)CCC12CCCC2. The fourth-order valence-corrected chi connectivity index (χ4v) is 2.72. The Balaban J connectivity index is 2.25. The molecule has 0 N–H and O–H groups in total. The van der Waals surface area contributed by atoms with Gasteiger partial charge < -0.3 is 4.74 Å². The minimum absolute atomic E-state index is 0.0706. The Morgan fingerprint density at radius 1 is 1.36 bits per heavy atom. The molecule has 14 heavy (non-hydrogen) atoms. The molecule has 78 valence electrons. The highest BCUT2D eigenvalue weighted by Crippen LogP contribution is 2.43. The van der Waals surface area contributed by atoms with Crippen molar-refractivity contribution in [1.82, 2.24) is 4.90 Å². The van der Waals surface area contributed by atoms with Crippen LogP contribution >= 0.6 is 0 Å². The summed E-state index contributed by atoms with van der Waals surface area (Å²) in [6.07, 6.45) is 4.97.